The summed E-state index contributed by atoms with van der Waals surface area (Å²) in [7, 11) is 1.80. The molecule has 4 N–H and O–H groups in total. The second kappa shape index (κ2) is 2.47. The predicted molar refractivity (Wildman–Crippen MR) is 42.1 cm³/mol. The zero-order valence-electron chi connectivity index (χ0n) is 5.76. The summed E-state index contributed by atoms with van der Waals surface area (Å²) in [5.41, 5.74) is 6.70. The maximum absolute atomic E-state index is 8.99. The molecule has 0 saturated heterocycles. The lowest BCUT2D eigenvalue weighted by molar-refractivity contribution is 0.478. The van der Waals surface area contributed by atoms with Gasteiger partial charge in [0, 0.05) is 12.7 Å². The van der Waals surface area contributed by atoms with Crippen molar-refractivity contribution in [2.45, 2.75) is 0 Å². The third-order valence-electron chi connectivity index (χ3n) is 1.32. The van der Waals surface area contributed by atoms with E-state index in [1.54, 1.807) is 25.2 Å². The number of nitrogen functional groups attached to an aromatic ring is 1. The van der Waals surface area contributed by atoms with Gasteiger partial charge in [-0.1, -0.05) is 0 Å². The Hall–Kier alpha value is -1.38. The van der Waals surface area contributed by atoms with Crippen LogP contribution in [0.4, 0.5) is 11.4 Å². The van der Waals surface area contributed by atoms with Crippen LogP contribution >= 0.6 is 0 Å². The Bertz CT molecular complexity index is 235. The molecule has 3 nitrogen and oxygen atoms in total. The molecule has 0 bridgehead atoms. The SMILES string of the molecule is CNc1ccc(O)c(N)c1. The van der Waals surface area contributed by atoms with Gasteiger partial charge in [-0.15, -0.1) is 0 Å². The van der Waals surface area contributed by atoms with Gasteiger partial charge >= 0.3 is 0 Å². The number of rotatable bonds is 1. The topological polar surface area (TPSA) is 58.3 Å². The largest absolute Gasteiger partial charge is 0.506 e. The fourth-order valence-electron chi connectivity index (χ4n) is 0.710. The second-order valence-electron chi connectivity index (χ2n) is 2.02. The summed E-state index contributed by atoms with van der Waals surface area (Å²) < 4.78 is 0. The van der Waals surface area contributed by atoms with Gasteiger partial charge in [0.15, 0.2) is 0 Å². The van der Waals surface area contributed by atoms with Crippen molar-refractivity contribution in [2.75, 3.05) is 18.1 Å². The number of anilines is 2. The minimum atomic E-state index is 0.124. The Balaban J connectivity index is 3.04. The molecule has 0 spiro atoms. The number of hydrogen-bond donors (Lipinski definition) is 3. The van der Waals surface area contributed by atoms with Crippen LogP contribution in [0.5, 0.6) is 5.75 Å². The number of benzene rings is 1. The third-order valence-corrected chi connectivity index (χ3v) is 1.32. The van der Waals surface area contributed by atoms with Crippen LogP contribution in [0.1, 0.15) is 0 Å². The summed E-state index contributed by atoms with van der Waals surface area (Å²) in [5, 5.41) is 11.9. The molecule has 1 aromatic carbocycles. The number of phenolic OH excluding ortho intramolecular Hbond substituents is 1. The molecule has 0 unspecified atom stereocenters. The van der Waals surface area contributed by atoms with Crippen LogP contribution in [0.2, 0.25) is 0 Å². The monoisotopic (exact) mass is 138 g/mol. The van der Waals surface area contributed by atoms with Gasteiger partial charge in [0.2, 0.25) is 0 Å². The van der Waals surface area contributed by atoms with Crippen molar-refractivity contribution in [1.82, 2.24) is 0 Å². The van der Waals surface area contributed by atoms with Gasteiger partial charge in [-0.05, 0) is 18.2 Å². The molecular formula is C7H10N2O. The lowest BCUT2D eigenvalue weighted by Gasteiger charge is -2.01. The van der Waals surface area contributed by atoms with Crippen molar-refractivity contribution < 1.29 is 5.11 Å². The molecule has 0 aliphatic carbocycles. The second-order valence-corrected chi connectivity index (χ2v) is 2.02. The van der Waals surface area contributed by atoms with Crippen LogP contribution in [-0.2, 0) is 0 Å². The van der Waals surface area contributed by atoms with Gasteiger partial charge in [-0.2, -0.15) is 0 Å². The number of phenols is 1. The molecule has 0 aliphatic heterocycles. The van der Waals surface area contributed by atoms with E-state index in [1.807, 2.05) is 0 Å². The summed E-state index contributed by atoms with van der Waals surface area (Å²) >= 11 is 0. The van der Waals surface area contributed by atoms with E-state index in [1.165, 1.54) is 0 Å². The number of nitrogens with two attached hydrogens (primary N) is 1. The average molecular weight is 138 g/mol. The summed E-state index contributed by atoms with van der Waals surface area (Å²) in [5.74, 6) is 0.124. The maximum atomic E-state index is 8.99. The normalized spacial score (nSPS) is 9.30. The van der Waals surface area contributed by atoms with Crippen molar-refractivity contribution in [3.8, 4) is 5.75 Å². The highest BCUT2D eigenvalue weighted by Crippen LogP contribution is 2.22. The standard InChI is InChI=1S/C7H10N2O/c1-9-5-2-3-7(10)6(8)4-5/h2-4,9-10H,8H2,1H3. The summed E-state index contributed by atoms with van der Waals surface area (Å²) in [4.78, 5) is 0. The van der Waals surface area contributed by atoms with E-state index in [2.05, 4.69) is 5.32 Å². The highest BCUT2D eigenvalue weighted by atomic mass is 16.3. The Morgan fingerprint density at radius 3 is 2.70 bits per heavy atom. The lowest BCUT2D eigenvalue weighted by Crippen LogP contribution is -1.90. The molecule has 0 heterocycles. The van der Waals surface area contributed by atoms with Crippen molar-refractivity contribution in [3.63, 3.8) is 0 Å². The Morgan fingerprint density at radius 1 is 1.50 bits per heavy atom. The lowest BCUT2D eigenvalue weighted by atomic mass is 10.2. The summed E-state index contributed by atoms with van der Waals surface area (Å²) in [6, 6.07) is 4.99. The van der Waals surface area contributed by atoms with Crippen molar-refractivity contribution in [3.05, 3.63) is 18.2 Å². The van der Waals surface area contributed by atoms with E-state index in [0.717, 1.165) is 5.69 Å². The van der Waals surface area contributed by atoms with Crippen LogP contribution in [-0.4, -0.2) is 12.2 Å². The van der Waals surface area contributed by atoms with Gasteiger partial charge in [-0.25, -0.2) is 0 Å². The minimum absolute atomic E-state index is 0.124. The molecule has 0 saturated carbocycles. The van der Waals surface area contributed by atoms with Crippen LogP contribution in [0.3, 0.4) is 0 Å². The average Bonchev–Trinajstić information content (AvgIpc) is 1.95. The summed E-state index contributed by atoms with van der Waals surface area (Å²) in [6.07, 6.45) is 0. The fraction of sp³-hybridized carbons (Fsp3) is 0.143. The number of aromatic hydroxyl groups is 1. The first-order valence-electron chi connectivity index (χ1n) is 3.00. The first-order chi connectivity index (χ1) is 4.74. The quantitative estimate of drug-likeness (QED) is 0.308. The molecule has 0 amide bonds. The van der Waals surface area contributed by atoms with Crippen LogP contribution in [0.25, 0.3) is 0 Å². The first kappa shape index (κ1) is 6.74. The maximum Gasteiger partial charge on any atom is 0.138 e. The van der Waals surface area contributed by atoms with Gasteiger partial charge in [0.05, 0.1) is 5.69 Å². The Labute approximate surface area is 59.5 Å². The molecule has 1 aromatic rings. The molecule has 0 aliphatic rings. The van der Waals surface area contributed by atoms with Crippen LogP contribution in [0.15, 0.2) is 18.2 Å². The highest BCUT2D eigenvalue weighted by molar-refractivity contribution is 5.61. The highest BCUT2D eigenvalue weighted by Gasteiger charge is 1.94. The van der Waals surface area contributed by atoms with E-state index in [0.29, 0.717) is 5.69 Å². The smallest absolute Gasteiger partial charge is 0.138 e. The van der Waals surface area contributed by atoms with Crippen molar-refractivity contribution in [1.29, 1.82) is 0 Å². The van der Waals surface area contributed by atoms with Crippen molar-refractivity contribution in [2.24, 2.45) is 0 Å². The molecule has 0 aromatic heterocycles. The first-order valence-corrected chi connectivity index (χ1v) is 3.00. The van der Waals surface area contributed by atoms with E-state index in [9.17, 15) is 0 Å². The zero-order valence-corrected chi connectivity index (χ0v) is 5.76. The van der Waals surface area contributed by atoms with Crippen molar-refractivity contribution >= 4 is 11.4 Å². The number of nitrogens with one attached hydrogen (secondary N) is 1. The van der Waals surface area contributed by atoms with Gasteiger partial charge in [0.25, 0.3) is 0 Å². The molecule has 1 rings (SSSR count). The fourth-order valence-corrected chi connectivity index (χ4v) is 0.710. The predicted octanol–water partition coefficient (Wildman–Crippen LogP) is 1.02. The van der Waals surface area contributed by atoms with Crippen LogP contribution in [0, 0.1) is 0 Å². The molecule has 0 atom stereocenters. The third kappa shape index (κ3) is 1.13. The van der Waals surface area contributed by atoms with E-state index < -0.39 is 0 Å². The van der Waals surface area contributed by atoms with E-state index in [4.69, 9.17) is 10.8 Å². The van der Waals surface area contributed by atoms with Gasteiger partial charge in [-0.3, -0.25) is 0 Å². The molecule has 0 radical (unpaired) electrons. The van der Waals surface area contributed by atoms with E-state index in [-0.39, 0.29) is 5.75 Å². The molecule has 3 heteroatoms. The molecule has 0 fully saturated rings. The Morgan fingerprint density at radius 2 is 2.20 bits per heavy atom. The molecule has 10 heavy (non-hydrogen) atoms. The van der Waals surface area contributed by atoms with Gasteiger partial charge in [0.1, 0.15) is 5.75 Å². The Kier molecular flexibility index (Phi) is 1.67. The number of hydrogen-bond acceptors (Lipinski definition) is 3. The van der Waals surface area contributed by atoms with Crippen LogP contribution < -0.4 is 11.1 Å². The summed E-state index contributed by atoms with van der Waals surface area (Å²) in [6.45, 7) is 0. The minimum Gasteiger partial charge on any atom is -0.506 e. The van der Waals surface area contributed by atoms with Gasteiger partial charge < -0.3 is 16.2 Å². The molecular weight excluding hydrogens is 128 g/mol. The van der Waals surface area contributed by atoms with E-state index >= 15 is 0 Å². The molecule has 54 valence electrons. The zero-order chi connectivity index (χ0) is 7.56.